The molecule has 7 nitrogen and oxygen atoms in total. The first-order valence-electron chi connectivity index (χ1n) is 8.22. The highest BCUT2D eigenvalue weighted by molar-refractivity contribution is 5.97. The summed E-state index contributed by atoms with van der Waals surface area (Å²) in [4.78, 5) is 27.6. The van der Waals surface area contributed by atoms with Crippen molar-refractivity contribution in [2.75, 3.05) is 57.9 Å². The zero-order valence-electron chi connectivity index (χ0n) is 13.9. The molecule has 2 aliphatic rings. The topological polar surface area (TPSA) is 71.1 Å². The average molecular weight is 333 g/mol. The predicted octanol–water partition coefficient (Wildman–Crippen LogP) is 0.0327. The van der Waals surface area contributed by atoms with Crippen LogP contribution in [0.1, 0.15) is 5.56 Å². The molecule has 2 amide bonds. The van der Waals surface area contributed by atoms with Gasteiger partial charge in [-0.15, -0.1) is 0 Å². The molecular formula is C17H23N3O4. The zero-order chi connectivity index (χ0) is 16.9. The average Bonchev–Trinajstić information content (AvgIpc) is 2.59. The Morgan fingerprint density at radius 2 is 2.08 bits per heavy atom. The molecule has 7 heteroatoms. The molecule has 0 saturated carbocycles. The van der Waals surface area contributed by atoms with Gasteiger partial charge in [0.25, 0.3) is 5.91 Å². The number of anilines is 1. The Labute approximate surface area is 141 Å². The highest BCUT2D eigenvalue weighted by Crippen LogP contribution is 2.31. The van der Waals surface area contributed by atoms with Crippen LogP contribution in [0.3, 0.4) is 0 Å². The first-order valence-corrected chi connectivity index (χ1v) is 8.22. The number of amides is 2. The number of fused-ring (bicyclic) bond motifs is 1. The number of hydrogen-bond acceptors (Lipinski definition) is 5. The fourth-order valence-electron chi connectivity index (χ4n) is 2.85. The third kappa shape index (κ3) is 4.04. The molecule has 1 saturated heterocycles. The summed E-state index contributed by atoms with van der Waals surface area (Å²) < 4.78 is 10.7. The van der Waals surface area contributed by atoms with Gasteiger partial charge in [0.1, 0.15) is 5.75 Å². The maximum atomic E-state index is 12.1. The molecule has 24 heavy (non-hydrogen) atoms. The van der Waals surface area contributed by atoms with E-state index in [9.17, 15) is 9.59 Å². The summed E-state index contributed by atoms with van der Waals surface area (Å²) in [6, 6.07) is 5.52. The van der Waals surface area contributed by atoms with E-state index in [-0.39, 0.29) is 18.4 Å². The van der Waals surface area contributed by atoms with Crippen LogP contribution in [-0.2, 0) is 20.7 Å². The fraction of sp³-hybridized carbons (Fsp3) is 0.529. The molecule has 0 radical (unpaired) electrons. The van der Waals surface area contributed by atoms with Crippen LogP contribution in [0.25, 0.3) is 0 Å². The van der Waals surface area contributed by atoms with Gasteiger partial charge < -0.3 is 19.7 Å². The number of likely N-dealkylation sites (N-methyl/N-ethyl adjacent to an activating group) is 1. The lowest BCUT2D eigenvalue weighted by molar-refractivity contribution is -0.121. The molecule has 1 N–H and O–H groups in total. The number of nitrogens with zero attached hydrogens (tertiary/aromatic N) is 2. The molecule has 130 valence electrons. The van der Waals surface area contributed by atoms with Crippen LogP contribution in [0.4, 0.5) is 5.69 Å². The van der Waals surface area contributed by atoms with Crippen LogP contribution in [0.5, 0.6) is 5.75 Å². The van der Waals surface area contributed by atoms with Crippen molar-refractivity contribution in [3.63, 3.8) is 0 Å². The van der Waals surface area contributed by atoms with Crippen LogP contribution in [0.2, 0.25) is 0 Å². The van der Waals surface area contributed by atoms with Crippen molar-refractivity contribution in [1.29, 1.82) is 0 Å². The normalized spacial score (nSPS) is 18.0. The zero-order valence-corrected chi connectivity index (χ0v) is 13.9. The predicted molar refractivity (Wildman–Crippen MR) is 89.3 cm³/mol. The van der Waals surface area contributed by atoms with Crippen molar-refractivity contribution >= 4 is 17.5 Å². The largest absolute Gasteiger partial charge is 0.482 e. The Kier molecular flexibility index (Phi) is 5.32. The molecule has 0 unspecified atom stereocenters. The van der Waals surface area contributed by atoms with Gasteiger partial charge in [0, 0.05) is 33.2 Å². The van der Waals surface area contributed by atoms with E-state index in [0.717, 1.165) is 38.4 Å². The lowest BCUT2D eigenvalue weighted by atomic mass is 10.1. The van der Waals surface area contributed by atoms with Gasteiger partial charge in [-0.25, -0.2) is 0 Å². The van der Waals surface area contributed by atoms with E-state index in [2.05, 4.69) is 10.2 Å². The van der Waals surface area contributed by atoms with Crippen LogP contribution in [0, 0.1) is 0 Å². The van der Waals surface area contributed by atoms with E-state index in [1.807, 2.05) is 18.2 Å². The van der Waals surface area contributed by atoms with Crippen molar-refractivity contribution in [2.24, 2.45) is 0 Å². The quantitative estimate of drug-likeness (QED) is 0.823. The third-order valence-corrected chi connectivity index (χ3v) is 4.33. The second-order valence-electron chi connectivity index (χ2n) is 6.02. The number of hydrogen-bond donors (Lipinski definition) is 1. The van der Waals surface area contributed by atoms with E-state index < -0.39 is 0 Å². The van der Waals surface area contributed by atoms with Crippen LogP contribution >= 0.6 is 0 Å². The van der Waals surface area contributed by atoms with Gasteiger partial charge in [-0.2, -0.15) is 0 Å². The molecule has 1 fully saturated rings. The van der Waals surface area contributed by atoms with Crippen molar-refractivity contribution in [3.05, 3.63) is 23.8 Å². The van der Waals surface area contributed by atoms with Crippen molar-refractivity contribution < 1.29 is 19.1 Å². The summed E-state index contributed by atoms with van der Waals surface area (Å²) in [5.74, 6) is 0.567. The number of morpholine rings is 1. The molecule has 0 aromatic heterocycles. The number of nitrogens with one attached hydrogen (secondary N) is 1. The maximum Gasteiger partial charge on any atom is 0.264 e. The fourth-order valence-corrected chi connectivity index (χ4v) is 2.85. The number of ether oxygens (including phenoxy) is 2. The molecule has 0 bridgehead atoms. The van der Waals surface area contributed by atoms with Gasteiger partial charge in [0.15, 0.2) is 6.61 Å². The lowest BCUT2D eigenvalue weighted by Gasteiger charge is -2.26. The summed E-state index contributed by atoms with van der Waals surface area (Å²) >= 11 is 0. The number of rotatable bonds is 5. The summed E-state index contributed by atoms with van der Waals surface area (Å²) in [7, 11) is 1.72. The van der Waals surface area contributed by atoms with E-state index in [1.165, 1.54) is 0 Å². The van der Waals surface area contributed by atoms with E-state index in [4.69, 9.17) is 9.47 Å². The molecule has 1 aromatic carbocycles. The monoisotopic (exact) mass is 333 g/mol. The van der Waals surface area contributed by atoms with Gasteiger partial charge >= 0.3 is 0 Å². The SMILES string of the molecule is CN1C(=O)COc2ccc(CC(=O)NCCN3CCOCC3)cc21. The Hall–Kier alpha value is -2.12. The molecular weight excluding hydrogens is 310 g/mol. The molecule has 2 heterocycles. The smallest absolute Gasteiger partial charge is 0.264 e. The van der Waals surface area contributed by atoms with Crippen LogP contribution in [0.15, 0.2) is 18.2 Å². The minimum atomic E-state index is -0.0883. The van der Waals surface area contributed by atoms with E-state index in [1.54, 1.807) is 11.9 Å². The Morgan fingerprint density at radius 3 is 2.88 bits per heavy atom. The van der Waals surface area contributed by atoms with Crippen molar-refractivity contribution in [2.45, 2.75) is 6.42 Å². The standard InChI is InChI=1S/C17H23N3O4/c1-19-14-10-13(2-3-15(14)24-12-17(19)22)11-16(21)18-4-5-20-6-8-23-9-7-20/h2-3,10H,4-9,11-12H2,1H3,(H,18,21). The highest BCUT2D eigenvalue weighted by Gasteiger charge is 2.22. The minimum Gasteiger partial charge on any atom is -0.482 e. The van der Waals surface area contributed by atoms with E-state index in [0.29, 0.717) is 24.4 Å². The molecule has 0 aliphatic carbocycles. The minimum absolute atomic E-state index is 0.0195. The van der Waals surface area contributed by atoms with Gasteiger partial charge in [-0.1, -0.05) is 6.07 Å². The third-order valence-electron chi connectivity index (χ3n) is 4.33. The van der Waals surface area contributed by atoms with Crippen LogP contribution < -0.4 is 15.0 Å². The molecule has 0 atom stereocenters. The van der Waals surface area contributed by atoms with Gasteiger partial charge in [0.05, 0.1) is 25.3 Å². The van der Waals surface area contributed by atoms with Crippen molar-refractivity contribution in [1.82, 2.24) is 10.2 Å². The van der Waals surface area contributed by atoms with Crippen molar-refractivity contribution in [3.8, 4) is 5.75 Å². The Morgan fingerprint density at radius 1 is 1.29 bits per heavy atom. The van der Waals surface area contributed by atoms with Gasteiger partial charge in [-0.3, -0.25) is 14.5 Å². The first kappa shape index (κ1) is 16.7. The summed E-state index contributed by atoms with van der Waals surface area (Å²) in [5.41, 5.74) is 1.58. The number of benzene rings is 1. The number of carbonyl (C=O) groups excluding carboxylic acids is 2. The Balaban J connectivity index is 1.50. The maximum absolute atomic E-state index is 12.1. The second kappa shape index (κ2) is 7.63. The van der Waals surface area contributed by atoms with E-state index >= 15 is 0 Å². The summed E-state index contributed by atoms with van der Waals surface area (Å²) in [6.45, 7) is 4.89. The summed E-state index contributed by atoms with van der Waals surface area (Å²) in [6.07, 6.45) is 0.290. The first-order chi connectivity index (χ1) is 11.6. The molecule has 1 aromatic rings. The number of carbonyl (C=O) groups is 2. The second-order valence-corrected chi connectivity index (χ2v) is 6.02. The van der Waals surface area contributed by atoms with Crippen LogP contribution in [-0.4, -0.2) is 69.8 Å². The molecule has 3 rings (SSSR count). The lowest BCUT2D eigenvalue weighted by Crippen LogP contribution is -2.41. The highest BCUT2D eigenvalue weighted by atomic mass is 16.5. The Bertz CT molecular complexity index is 614. The molecule has 0 spiro atoms. The van der Waals surface area contributed by atoms with Gasteiger partial charge in [-0.05, 0) is 17.7 Å². The van der Waals surface area contributed by atoms with Gasteiger partial charge in [0.2, 0.25) is 5.91 Å². The summed E-state index contributed by atoms with van der Waals surface area (Å²) in [5, 5.41) is 2.95. The molecule has 2 aliphatic heterocycles.